The summed E-state index contributed by atoms with van der Waals surface area (Å²) in [6.07, 6.45) is 5.71. The van der Waals surface area contributed by atoms with E-state index in [0.717, 1.165) is 80.6 Å². The van der Waals surface area contributed by atoms with Crippen LogP contribution in [0.5, 0.6) is 0 Å². The number of benzene rings is 2. The molecular formula is C30H44N6O. The van der Waals surface area contributed by atoms with E-state index < -0.39 is 0 Å². The summed E-state index contributed by atoms with van der Waals surface area (Å²) in [7, 11) is 4.07. The van der Waals surface area contributed by atoms with Gasteiger partial charge in [0.05, 0.1) is 12.1 Å². The summed E-state index contributed by atoms with van der Waals surface area (Å²) in [5.41, 5.74) is 3.66. The summed E-state index contributed by atoms with van der Waals surface area (Å²) in [5.74, 6) is 2.43. The normalized spacial score (nSPS) is 17.9. The molecule has 7 heteroatoms. The highest BCUT2D eigenvalue weighted by Crippen LogP contribution is 2.28. The van der Waals surface area contributed by atoms with Crippen molar-refractivity contribution in [3.63, 3.8) is 0 Å². The number of aromatic nitrogens is 2. The van der Waals surface area contributed by atoms with Crippen molar-refractivity contribution in [2.45, 2.75) is 58.5 Å². The molecule has 0 radical (unpaired) electrons. The lowest BCUT2D eigenvalue weighted by Gasteiger charge is -2.29. The molecule has 1 aromatic heterocycles. The lowest BCUT2D eigenvalue weighted by Crippen LogP contribution is -2.31. The van der Waals surface area contributed by atoms with Crippen LogP contribution in [-0.2, 0) is 17.8 Å². The highest BCUT2D eigenvalue weighted by molar-refractivity contribution is 5.90. The number of fused-ring (bicyclic) bond motifs is 1. The van der Waals surface area contributed by atoms with Crippen molar-refractivity contribution in [3.8, 4) is 0 Å². The maximum absolute atomic E-state index is 5.79. The highest BCUT2D eigenvalue weighted by Gasteiger charge is 2.22. The summed E-state index contributed by atoms with van der Waals surface area (Å²) in [5, 5.41) is 10.4. The number of para-hydroxylation sites is 1. The molecule has 1 aliphatic rings. The zero-order chi connectivity index (χ0) is 26.0. The monoisotopic (exact) mass is 504 g/mol. The Kier molecular flexibility index (Phi) is 10.1. The highest BCUT2D eigenvalue weighted by atomic mass is 16.7. The first-order chi connectivity index (χ1) is 18.1. The molecule has 1 aliphatic carbocycles. The number of rotatable bonds is 13. The standard InChI is InChI=1S/C30H44N6O/c1-5-36(6-2)37-20-19-23-11-13-24(14-12-23)21-31-22-25-15-17-26(18-16-25)32-30-33-28-10-8-7-9-27(28)29(34-30)35(3)4/h7-14,25-26,31H,5-6,15-22H2,1-4H3,(H,32,33,34)/t25-,26+. The minimum Gasteiger partial charge on any atom is -0.362 e. The number of hydrogen-bond donors (Lipinski definition) is 2. The number of hydroxylamine groups is 2. The molecule has 2 N–H and O–H groups in total. The van der Waals surface area contributed by atoms with Gasteiger partial charge >= 0.3 is 0 Å². The Hall–Kier alpha value is -2.74. The first-order valence-corrected chi connectivity index (χ1v) is 13.9. The van der Waals surface area contributed by atoms with E-state index in [2.05, 4.69) is 65.8 Å². The van der Waals surface area contributed by atoms with Gasteiger partial charge in [0.15, 0.2) is 0 Å². The fraction of sp³-hybridized carbons (Fsp3) is 0.533. The zero-order valence-corrected chi connectivity index (χ0v) is 23.0. The van der Waals surface area contributed by atoms with Crippen LogP contribution in [0.3, 0.4) is 0 Å². The summed E-state index contributed by atoms with van der Waals surface area (Å²) >= 11 is 0. The molecule has 2 aromatic carbocycles. The van der Waals surface area contributed by atoms with Crippen LogP contribution in [-0.4, -0.2) is 61.4 Å². The molecule has 3 aromatic rings. The van der Waals surface area contributed by atoms with E-state index in [1.807, 2.05) is 31.3 Å². The molecule has 0 unspecified atom stereocenters. The zero-order valence-electron chi connectivity index (χ0n) is 23.0. The van der Waals surface area contributed by atoms with E-state index >= 15 is 0 Å². The van der Waals surface area contributed by atoms with Crippen LogP contribution >= 0.6 is 0 Å². The summed E-state index contributed by atoms with van der Waals surface area (Å²) in [4.78, 5) is 17.4. The van der Waals surface area contributed by atoms with E-state index in [4.69, 9.17) is 14.8 Å². The van der Waals surface area contributed by atoms with Gasteiger partial charge in [-0.2, -0.15) is 10.0 Å². The Morgan fingerprint density at radius 2 is 1.59 bits per heavy atom. The quantitative estimate of drug-likeness (QED) is 0.307. The van der Waals surface area contributed by atoms with Crippen molar-refractivity contribution in [1.82, 2.24) is 20.3 Å². The number of nitrogens with zero attached hydrogens (tertiary/aromatic N) is 4. The third-order valence-corrected chi connectivity index (χ3v) is 7.34. The lowest BCUT2D eigenvalue weighted by molar-refractivity contribution is -0.151. The largest absolute Gasteiger partial charge is 0.362 e. The molecule has 0 amide bonds. The van der Waals surface area contributed by atoms with Crippen molar-refractivity contribution < 1.29 is 4.84 Å². The maximum atomic E-state index is 5.79. The van der Waals surface area contributed by atoms with Gasteiger partial charge in [0.25, 0.3) is 0 Å². The van der Waals surface area contributed by atoms with E-state index in [-0.39, 0.29) is 0 Å². The third-order valence-electron chi connectivity index (χ3n) is 7.34. The lowest BCUT2D eigenvalue weighted by atomic mass is 9.86. The van der Waals surface area contributed by atoms with E-state index in [1.165, 1.54) is 24.0 Å². The molecule has 0 atom stereocenters. The van der Waals surface area contributed by atoms with Gasteiger partial charge in [0, 0.05) is 45.2 Å². The van der Waals surface area contributed by atoms with Gasteiger partial charge in [-0.3, -0.25) is 4.84 Å². The molecular weight excluding hydrogens is 460 g/mol. The smallest absolute Gasteiger partial charge is 0.225 e. The predicted molar refractivity (Wildman–Crippen MR) is 154 cm³/mol. The summed E-state index contributed by atoms with van der Waals surface area (Å²) < 4.78 is 0. The van der Waals surface area contributed by atoms with Gasteiger partial charge < -0.3 is 15.5 Å². The molecule has 7 nitrogen and oxygen atoms in total. The first-order valence-electron chi connectivity index (χ1n) is 13.9. The second kappa shape index (κ2) is 13.7. The molecule has 0 aliphatic heterocycles. The number of nitrogens with one attached hydrogen (secondary N) is 2. The van der Waals surface area contributed by atoms with Crippen LogP contribution in [0.1, 0.15) is 50.7 Å². The van der Waals surface area contributed by atoms with Crippen molar-refractivity contribution in [2.24, 2.45) is 5.92 Å². The van der Waals surface area contributed by atoms with Crippen LogP contribution in [0.4, 0.5) is 11.8 Å². The molecule has 4 rings (SSSR count). The second-order valence-corrected chi connectivity index (χ2v) is 10.3. The Morgan fingerprint density at radius 3 is 2.30 bits per heavy atom. The van der Waals surface area contributed by atoms with Gasteiger partial charge in [-0.15, -0.1) is 0 Å². The van der Waals surface area contributed by atoms with E-state index in [0.29, 0.717) is 6.04 Å². The molecule has 200 valence electrons. The fourth-order valence-electron chi connectivity index (χ4n) is 5.10. The van der Waals surface area contributed by atoms with Crippen molar-refractivity contribution >= 4 is 22.7 Å². The SMILES string of the molecule is CCN(CC)OCCc1ccc(CNC[C@H]2CC[C@@H](Nc3nc(N(C)C)c4ccccc4n3)CC2)cc1. The van der Waals surface area contributed by atoms with Crippen molar-refractivity contribution in [1.29, 1.82) is 0 Å². The molecule has 0 bridgehead atoms. The molecule has 1 heterocycles. The molecule has 37 heavy (non-hydrogen) atoms. The Morgan fingerprint density at radius 1 is 0.892 bits per heavy atom. The Labute approximate surface area is 222 Å². The summed E-state index contributed by atoms with van der Waals surface area (Å²) in [6.45, 7) is 8.83. The van der Waals surface area contributed by atoms with Gasteiger partial charge in [-0.1, -0.05) is 50.2 Å². The van der Waals surface area contributed by atoms with Gasteiger partial charge in [0.2, 0.25) is 5.95 Å². The Balaban J connectivity index is 1.17. The first kappa shape index (κ1) is 27.3. The minimum absolute atomic E-state index is 0.436. The molecule has 0 saturated heterocycles. The minimum atomic E-state index is 0.436. The van der Waals surface area contributed by atoms with Crippen molar-refractivity contribution in [2.75, 3.05) is 50.6 Å². The molecule has 1 fully saturated rings. The van der Waals surface area contributed by atoms with E-state index in [1.54, 1.807) is 0 Å². The third kappa shape index (κ3) is 7.87. The van der Waals surface area contributed by atoms with Crippen LogP contribution in [0.15, 0.2) is 48.5 Å². The number of hydrogen-bond acceptors (Lipinski definition) is 7. The average Bonchev–Trinajstić information content (AvgIpc) is 2.92. The summed E-state index contributed by atoms with van der Waals surface area (Å²) in [6, 6.07) is 17.6. The van der Waals surface area contributed by atoms with Gasteiger partial charge in [-0.25, -0.2) is 4.98 Å². The molecule has 0 spiro atoms. The molecule has 1 saturated carbocycles. The van der Waals surface area contributed by atoms with Gasteiger partial charge in [-0.05, 0) is 67.8 Å². The van der Waals surface area contributed by atoms with Crippen LogP contribution in [0.25, 0.3) is 10.9 Å². The van der Waals surface area contributed by atoms with Crippen LogP contribution in [0, 0.1) is 5.92 Å². The maximum Gasteiger partial charge on any atom is 0.225 e. The fourth-order valence-corrected chi connectivity index (χ4v) is 5.10. The number of anilines is 2. The van der Waals surface area contributed by atoms with Crippen LogP contribution < -0.4 is 15.5 Å². The van der Waals surface area contributed by atoms with Gasteiger partial charge in [0.1, 0.15) is 5.82 Å². The second-order valence-electron chi connectivity index (χ2n) is 10.3. The van der Waals surface area contributed by atoms with Crippen molar-refractivity contribution in [3.05, 3.63) is 59.7 Å². The van der Waals surface area contributed by atoms with Crippen LogP contribution in [0.2, 0.25) is 0 Å². The average molecular weight is 505 g/mol. The topological polar surface area (TPSA) is 65.6 Å². The Bertz CT molecular complexity index is 1090. The predicted octanol–water partition coefficient (Wildman–Crippen LogP) is 5.27. The van der Waals surface area contributed by atoms with E-state index in [9.17, 15) is 0 Å².